The Bertz CT molecular complexity index is 613. The maximum Gasteiger partial charge on any atom is 0.433 e. The highest BCUT2D eigenvalue weighted by atomic mass is 19.4. The van der Waals surface area contributed by atoms with E-state index in [0.717, 1.165) is 18.3 Å². The number of aromatic nitrogens is 1. The molecule has 4 nitrogen and oxygen atoms in total. The molecule has 0 aliphatic heterocycles. The van der Waals surface area contributed by atoms with Crippen molar-refractivity contribution < 1.29 is 22.7 Å². The number of halogens is 3. The van der Waals surface area contributed by atoms with Crippen molar-refractivity contribution in [3.05, 3.63) is 59.9 Å². The molecule has 0 aliphatic rings. The number of ether oxygens (including phenoxy) is 1. The lowest BCUT2D eigenvalue weighted by Gasteiger charge is -2.08. The first kappa shape index (κ1) is 15.8. The molecule has 1 amide bonds. The number of nitrogens with zero attached hydrogens (tertiary/aromatic N) is 1. The van der Waals surface area contributed by atoms with Gasteiger partial charge in [-0.15, -0.1) is 0 Å². The molecule has 0 saturated heterocycles. The molecule has 0 spiro atoms. The van der Waals surface area contributed by atoms with Crippen molar-refractivity contribution >= 4 is 5.91 Å². The van der Waals surface area contributed by atoms with E-state index in [-0.39, 0.29) is 18.7 Å². The number of para-hydroxylation sites is 1. The Kier molecular flexibility index (Phi) is 4.98. The van der Waals surface area contributed by atoms with E-state index in [1.807, 2.05) is 18.2 Å². The second-order valence-electron chi connectivity index (χ2n) is 4.35. The van der Waals surface area contributed by atoms with Gasteiger partial charge < -0.3 is 10.1 Å². The average molecular weight is 310 g/mol. The minimum Gasteiger partial charge on any atom is -0.492 e. The van der Waals surface area contributed by atoms with Crippen LogP contribution in [-0.4, -0.2) is 24.0 Å². The second kappa shape index (κ2) is 6.93. The summed E-state index contributed by atoms with van der Waals surface area (Å²) in [7, 11) is 0. The molecule has 7 heteroatoms. The number of benzene rings is 1. The van der Waals surface area contributed by atoms with E-state index in [4.69, 9.17) is 4.74 Å². The van der Waals surface area contributed by atoms with Gasteiger partial charge in [-0.2, -0.15) is 13.2 Å². The van der Waals surface area contributed by atoms with Crippen LogP contribution in [0.15, 0.2) is 48.7 Å². The minimum atomic E-state index is -4.52. The van der Waals surface area contributed by atoms with Crippen LogP contribution < -0.4 is 10.1 Å². The van der Waals surface area contributed by atoms with E-state index in [1.54, 1.807) is 12.1 Å². The van der Waals surface area contributed by atoms with Crippen LogP contribution in [-0.2, 0) is 6.18 Å². The fraction of sp³-hybridized carbons (Fsp3) is 0.200. The van der Waals surface area contributed by atoms with Gasteiger partial charge in [0, 0.05) is 6.20 Å². The van der Waals surface area contributed by atoms with Crippen molar-refractivity contribution in [3.63, 3.8) is 0 Å². The zero-order valence-electron chi connectivity index (χ0n) is 11.4. The molecule has 0 unspecified atom stereocenters. The van der Waals surface area contributed by atoms with E-state index in [1.165, 1.54) is 0 Å². The van der Waals surface area contributed by atoms with Crippen molar-refractivity contribution in [3.8, 4) is 5.75 Å². The molecule has 2 rings (SSSR count). The Balaban J connectivity index is 1.80. The Morgan fingerprint density at radius 3 is 2.45 bits per heavy atom. The lowest BCUT2D eigenvalue weighted by molar-refractivity contribution is -0.141. The summed E-state index contributed by atoms with van der Waals surface area (Å²) in [6.07, 6.45) is -3.62. The lowest BCUT2D eigenvalue weighted by atomic mass is 10.2. The maximum absolute atomic E-state index is 12.4. The summed E-state index contributed by atoms with van der Waals surface area (Å²) in [5.74, 6) is 0.172. The third kappa shape index (κ3) is 4.47. The second-order valence-corrected chi connectivity index (χ2v) is 4.35. The van der Waals surface area contributed by atoms with Gasteiger partial charge in [0.25, 0.3) is 5.91 Å². The minimum absolute atomic E-state index is 0.0627. The maximum atomic E-state index is 12.4. The number of nitrogens with one attached hydrogen (secondary N) is 1. The van der Waals surface area contributed by atoms with Crippen LogP contribution in [0.2, 0.25) is 0 Å². The van der Waals surface area contributed by atoms with E-state index < -0.39 is 17.8 Å². The van der Waals surface area contributed by atoms with E-state index >= 15 is 0 Å². The van der Waals surface area contributed by atoms with Crippen molar-refractivity contribution in [2.24, 2.45) is 0 Å². The fourth-order valence-electron chi connectivity index (χ4n) is 1.65. The number of hydrogen-bond donors (Lipinski definition) is 1. The molecule has 1 heterocycles. The van der Waals surface area contributed by atoms with Gasteiger partial charge in [0.15, 0.2) is 0 Å². The number of alkyl halides is 3. The number of carbonyl (C=O) groups is 1. The van der Waals surface area contributed by atoms with Crippen LogP contribution in [0.4, 0.5) is 13.2 Å². The molecule has 2 aromatic rings. The van der Waals surface area contributed by atoms with E-state index in [9.17, 15) is 18.0 Å². The van der Waals surface area contributed by atoms with Crippen molar-refractivity contribution in [1.29, 1.82) is 0 Å². The van der Waals surface area contributed by atoms with Gasteiger partial charge in [-0.25, -0.2) is 0 Å². The SMILES string of the molecule is O=C(NCCOc1ccccc1)c1ccc(C(F)(F)F)nc1. The molecule has 0 atom stereocenters. The normalized spacial score (nSPS) is 11.0. The number of pyridine rings is 1. The van der Waals surface area contributed by atoms with Gasteiger partial charge >= 0.3 is 6.18 Å². The van der Waals surface area contributed by atoms with Crippen molar-refractivity contribution in [2.75, 3.05) is 13.2 Å². The van der Waals surface area contributed by atoms with Gasteiger partial charge in [0.1, 0.15) is 18.1 Å². The summed E-state index contributed by atoms with van der Waals surface area (Å²) in [5, 5.41) is 2.54. The molecule has 1 aromatic carbocycles. The summed E-state index contributed by atoms with van der Waals surface area (Å²) in [5.41, 5.74) is -0.968. The van der Waals surface area contributed by atoms with Crippen LogP contribution in [0.3, 0.4) is 0 Å². The van der Waals surface area contributed by atoms with Crippen LogP contribution in [0.1, 0.15) is 16.1 Å². The molecular formula is C15H13F3N2O2. The molecule has 1 N–H and O–H groups in total. The van der Waals surface area contributed by atoms with Crippen LogP contribution in [0, 0.1) is 0 Å². The molecule has 22 heavy (non-hydrogen) atoms. The first-order valence-corrected chi connectivity index (χ1v) is 6.46. The zero-order chi connectivity index (χ0) is 16.0. The quantitative estimate of drug-likeness (QED) is 0.864. The third-order valence-corrected chi connectivity index (χ3v) is 2.72. The first-order chi connectivity index (χ1) is 10.5. The van der Waals surface area contributed by atoms with Gasteiger partial charge in [0.05, 0.1) is 12.1 Å². The summed E-state index contributed by atoms with van der Waals surface area (Å²) in [6.45, 7) is 0.485. The number of amides is 1. The number of hydrogen-bond acceptors (Lipinski definition) is 3. The van der Waals surface area contributed by atoms with Gasteiger partial charge in [-0.1, -0.05) is 18.2 Å². The Morgan fingerprint density at radius 1 is 1.14 bits per heavy atom. The third-order valence-electron chi connectivity index (χ3n) is 2.72. The molecule has 0 saturated carbocycles. The largest absolute Gasteiger partial charge is 0.492 e. The van der Waals surface area contributed by atoms with E-state index in [2.05, 4.69) is 10.3 Å². The molecule has 116 valence electrons. The topological polar surface area (TPSA) is 51.2 Å². The Hall–Kier alpha value is -2.57. The molecule has 0 fully saturated rings. The summed E-state index contributed by atoms with van der Waals surface area (Å²) < 4.78 is 42.4. The Morgan fingerprint density at radius 2 is 1.86 bits per heavy atom. The lowest BCUT2D eigenvalue weighted by Crippen LogP contribution is -2.28. The zero-order valence-corrected chi connectivity index (χ0v) is 11.4. The number of rotatable bonds is 5. The highest BCUT2D eigenvalue weighted by Gasteiger charge is 2.32. The monoisotopic (exact) mass is 310 g/mol. The van der Waals surface area contributed by atoms with Crippen LogP contribution in [0.5, 0.6) is 5.75 Å². The van der Waals surface area contributed by atoms with Crippen LogP contribution in [0.25, 0.3) is 0 Å². The fourth-order valence-corrected chi connectivity index (χ4v) is 1.65. The molecule has 0 radical (unpaired) electrons. The smallest absolute Gasteiger partial charge is 0.433 e. The predicted molar refractivity (Wildman–Crippen MR) is 73.5 cm³/mol. The molecule has 0 bridgehead atoms. The summed E-state index contributed by atoms with van der Waals surface area (Å²) >= 11 is 0. The molecule has 1 aromatic heterocycles. The molecule has 0 aliphatic carbocycles. The van der Waals surface area contributed by atoms with Crippen LogP contribution >= 0.6 is 0 Å². The predicted octanol–water partition coefficient (Wildman–Crippen LogP) is 2.91. The Labute approximate surface area is 124 Å². The average Bonchev–Trinajstić information content (AvgIpc) is 2.52. The first-order valence-electron chi connectivity index (χ1n) is 6.46. The highest BCUT2D eigenvalue weighted by molar-refractivity contribution is 5.93. The highest BCUT2D eigenvalue weighted by Crippen LogP contribution is 2.27. The van der Waals surface area contributed by atoms with Gasteiger partial charge in [-0.05, 0) is 24.3 Å². The van der Waals surface area contributed by atoms with Gasteiger partial charge in [-0.3, -0.25) is 9.78 Å². The van der Waals surface area contributed by atoms with Crippen molar-refractivity contribution in [2.45, 2.75) is 6.18 Å². The van der Waals surface area contributed by atoms with Crippen molar-refractivity contribution in [1.82, 2.24) is 10.3 Å². The summed E-state index contributed by atoms with van der Waals surface area (Å²) in [4.78, 5) is 15.0. The number of carbonyl (C=O) groups excluding carboxylic acids is 1. The summed E-state index contributed by atoms with van der Waals surface area (Å²) in [6, 6.07) is 10.9. The van der Waals surface area contributed by atoms with Gasteiger partial charge in [0.2, 0.25) is 0 Å². The standard InChI is InChI=1S/C15H13F3N2O2/c16-15(17,18)13-7-6-11(10-20-13)14(21)19-8-9-22-12-4-2-1-3-5-12/h1-7,10H,8-9H2,(H,19,21). The molecular weight excluding hydrogens is 297 g/mol. The van der Waals surface area contributed by atoms with E-state index in [0.29, 0.717) is 5.75 Å².